The SMILES string of the molecule is CN(C)C(=O)c1cc2cnc(Nc3ccc(C(=O)N4CC5CCC(C4)N5)cn3)nc2n1C1CCCC1.[2H]C([2H])([2H])N1C2CCC1CN(C(=O)c1ccc(Nc3ncc4cc(C(=O)N(C)C)n(C5CCCC5)c4n3)nc1)C2. The fraction of sp³-hybridized carbons (Fsp3) is 0.509. The Morgan fingerprint density at radius 2 is 1.00 bits per heavy atom. The van der Waals surface area contributed by atoms with Crippen LogP contribution in [0.15, 0.2) is 61.2 Å². The normalized spacial score (nSPS) is 22.7. The molecule has 73 heavy (non-hydrogen) atoms. The van der Waals surface area contributed by atoms with Crippen LogP contribution < -0.4 is 16.0 Å². The van der Waals surface area contributed by atoms with Crippen LogP contribution in [-0.4, -0.2) is 173 Å². The molecule has 2 saturated carbocycles. The zero-order valence-corrected chi connectivity index (χ0v) is 42.0. The first-order valence-corrected chi connectivity index (χ1v) is 25.8. The summed E-state index contributed by atoms with van der Waals surface area (Å²) in [6.45, 7) is 0.175. The van der Waals surface area contributed by atoms with E-state index < -0.39 is 6.98 Å². The van der Waals surface area contributed by atoms with E-state index in [0.29, 0.717) is 76.9 Å². The summed E-state index contributed by atoms with van der Waals surface area (Å²) in [6, 6.07) is 11.8. The predicted octanol–water partition coefficient (Wildman–Crippen LogP) is 6.27. The van der Waals surface area contributed by atoms with Gasteiger partial charge in [0, 0.05) is 130 Å². The largest absolute Gasteiger partial charge is 0.343 e. The van der Waals surface area contributed by atoms with Crippen molar-refractivity contribution < 1.29 is 23.3 Å². The van der Waals surface area contributed by atoms with Gasteiger partial charge >= 0.3 is 0 Å². The molecule has 10 heterocycles. The number of fused-ring (bicyclic) bond motifs is 6. The van der Waals surface area contributed by atoms with E-state index in [4.69, 9.17) is 14.1 Å². The molecular formula is C53H66N16O4. The van der Waals surface area contributed by atoms with Gasteiger partial charge in [-0.05, 0) is 94.7 Å². The molecule has 6 aromatic heterocycles. The highest BCUT2D eigenvalue weighted by atomic mass is 16.2. The Morgan fingerprint density at radius 1 is 0.562 bits per heavy atom. The third kappa shape index (κ3) is 9.69. The lowest BCUT2D eigenvalue weighted by Gasteiger charge is -2.38. The topological polar surface area (TPSA) is 208 Å². The van der Waals surface area contributed by atoms with Crippen LogP contribution >= 0.6 is 0 Å². The molecule has 4 atom stereocenters. The number of amides is 4. The summed E-state index contributed by atoms with van der Waals surface area (Å²) >= 11 is 0. The lowest BCUT2D eigenvalue weighted by atomic mass is 10.1. The van der Waals surface area contributed by atoms with E-state index >= 15 is 0 Å². The van der Waals surface area contributed by atoms with Crippen LogP contribution in [0.1, 0.15) is 135 Å². The second kappa shape index (κ2) is 20.1. The molecule has 0 spiro atoms. The van der Waals surface area contributed by atoms with Crippen LogP contribution in [-0.2, 0) is 0 Å². The summed E-state index contributed by atoms with van der Waals surface area (Å²) in [4.78, 5) is 87.8. The van der Waals surface area contributed by atoms with E-state index in [1.54, 1.807) is 90.6 Å². The van der Waals surface area contributed by atoms with Crippen molar-refractivity contribution in [3.8, 4) is 0 Å². The van der Waals surface area contributed by atoms with Crippen molar-refractivity contribution in [3.05, 3.63) is 83.7 Å². The van der Waals surface area contributed by atoms with Crippen LogP contribution in [0.2, 0.25) is 0 Å². The van der Waals surface area contributed by atoms with Crippen molar-refractivity contribution >= 4 is 69.2 Å². The number of nitrogens with one attached hydrogen (secondary N) is 3. The van der Waals surface area contributed by atoms with Gasteiger partial charge in [0.15, 0.2) is 0 Å². The van der Waals surface area contributed by atoms with Gasteiger partial charge in [-0.2, -0.15) is 9.97 Å². The van der Waals surface area contributed by atoms with Crippen molar-refractivity contribution in [1.29, 1.82) is 0 Å². The highest BCUT2D eigenvalue weighted by molar-refractivity contribution is 5.99. The van der Waals surface area contributed by atoms with Gasteiger partial charge in [-0.3, -0.25) is 24.1 Å². The molecule has 0 aromatic carbocycles. The minimum Gasteiger partial charge on any atom is -0.343 e. The Morgan fingerprint density at radius 3 is 1.40 bits per heavy atom. The molecule has 6 aromatic rings. The van der Waals surface area contributed by atoms with Gasteiger partial charge in [0.2, 0.25) is 11.9 Å². The maximum absolute atomic E-state index is 13.2. The molecule has 6 aliphatic rings. The number of carbonyl (C=O) groups excluding carboxylic acids is 4. The smallest absolute Gasteiger partial charge is 0.270 e. The summed E-state index contributed by atoms with van der Waals surface area (Å²) in [7, 11) is 7.03. The van der Waals surface area contributed by atoms with Gasteiger partial charge < -0.3 is 44.7 Å². The average Bonchev–Trinajstić information content (AvgIpc) is 4.30. The van der Waals surface area contributed by atoms with E-state index in [9.17, 15) is 19.2 Å². The number of rotatable bonds is 10. The average molecular weight is 994 g/mol. The Labute approximate surface area is 429 Å². The lowest BCUT2D eigenvalue weighted by Crippen LogP contribution is -2.53. The lowest BCUT2D eigenvalue weighted by molar-refractivity contribution is 0.0523. The van der Waals surface area contributed by atoms with E-state index in [-0.39, 0.29) is 47.8 Å². The molecule has 20 heteroatoms. The second-order valence-corrected chi connectivity index (χ2v) is 21.0. The zero-order chi connectivity index (χ0) is 53.0. The van der Waals surface area contributed by atoms with Crippen molar-refractivity contribution in [2.45, 2.75) is 113 Å². The summed E-state index contributed by atoms with van der Waals surface area (Å²) < 4.78 is 27.6. The van der Waals surface area contributed by atoms with Crippen LogP contribution in [0.3, 0.4) is 0 Å². The van der Waals surface area contributed by atoms with Crippen LogP contribution in [0.5, 0.6) is 0 Å². The molecule has 20 nitrogen and oxygen atoms in total. The summed E-state index contributed by atoms with van der Waals surface area (Å²) in [6.07, 6.45) is 19.1. The Hall–Kier alpha value is -7.06. The summed E-state index contributed by atoms with van der Waals surface area (Å²) in [5.41, 5.74) is 3.77. The number of hydrogen-bond donors (Lipinski definition) is 3. The monoisotopic (exact) mass is 994 g/mol. The first-order chi connectivity index (χ1) is 36.6. The van der Waals surface area contributed by atoms with Crippen LogP contribution in [0.25, 0.3) is 22.1 Å². The molecule has 12 rings (SSSR count). The van der Waals surface area contributed by atoms with Crippen molar-refractivity contribution in [2.24, 2.45) is 0 Å². The maximum Gasteiger partial charge on any atom is 0.270 e. The molecule has 0 radical (unpaired) electrons. The third-order valence-corrected chi connectivity index (χ3v) is 15.6. The Bertz CT molecular complexity index is 3120. The minimum atomic E-state index is -2.14. The zero-order valence-electron chi connectivity index (χ0n) is 45.0. The first kappa shape index (κ1) is 44.6. The van der Waals surface area contributed by atoms with E-state index in [1.165, 1.54) is 6.20 Å². The van der Waals surface area contributed by atoms with E-state index in [1.807, 2.05) is 17.0 Å². The maximum atomic E-state index is 13.2. The summed E-state index contributed by atoms with van der Waals surface area (Å²) in [5, 5.41) is 11.5. The molecule has 4 aliphatic heterocycles. The molecule has 3 N–H and O–H groups in total. The van der Waals surface area contributed by atoms with Gasteiger partial charge in [-0.25, -0.2) is 19.9 Å². The van der Waals surface area contributed by atoms with Gasteiger partial charge in [-0.1, -0.05) is 25.7 Å². The highest BCUT2D eigenvalue weighted by Crippen LogP contribution is 2.37. The number of piperazine rings is 2. The number of anilines is 4. The Kier molecular flexibility index (Phi) is 12.3. The van der Waals surface area contributed by atoms with Gasteiger partial charge in [0.05, 0.1) is 11.1 Å². The standard InChI is InChI=1S/C27H34N8O2.C26H32N8O2/c1-32(2)26(37)22-12-18-14-29-27(31-24(18)35(22)19-6-4-5-7-19)30-23-11-8-17(13-28-23)25(36)34-15-20-9-10-21(16-34)33(20)3;1-32(2)25(36)21-11-17-13-28-26(31-23(17)34(21)20-5-3-4-6-20)30-22-10-7-16(12-27-22)24(35)33-14-18-8-9-19(15-33)29-18/h8,11-14,19-21H,4-7,9-10,15-16H2,1-3H3,(H,28,29,30,31);7,10-13,18-20,29H,3-6,8-9,14-15H2,1-2H3,(H,27,28,30,31)/i3D3;. The first-order valence-electron chi connectivity index (χ1n) is 27.3. The quantitative estimate of drug-likeness (QED) is 0.138. The Balaban J connectivity index is 0.000000163. The number of likely N-dealkylation sites (N-methyl/N-ethyl adjacent to an activating group) is 1. The fourth-order valence-corrected chi connectivity index (χ4v) is 11.8. The molecule has 4 bridgehead atoms. The molecule has 4 unspecified atom stereocenters. The van der Waals surface area contributed by atoms with Crippen LogP contribution in [0, 0.1) is 0 Å². The highest BCUT2D eigenvalue weighted by Gasteiger charge is 2.40. The number of hydrogen-bond acceptors (Lipinski definition) is 14. The van der Waals surface area contributed by atoms with Crippen molar-refractivity contribution in [3.63, 3.8) is 0 Å². The van der Waals surface area contributed by atoms with Gasteiger partial charge in [0.1, 0.15) is 34.3 Å². The van der Waals surface area contributed by atoms with Gasteiger partial charge in [-0.15, -0.1) is 0 Å². The number of likely N-dealkylation sites (tertiary alicyclic amines) is 2. The number of carbonyl (C=O) groups is 4. The number of nitrogens with zero attached hydrogens (tertiary/aromatic N) is 13. The number of aromatic nitrogens is 8. The minimum absolute atomic E-state index is 0.0256. The van der Waals surface area contributed by atoms with E-state index in [2.05, 4.69) is 45.0 Å². The predicted molar refractivity (Wildman–Crippen MR) is 277 cm³/mol. The molecule has 6 fully saturated rings. The van der Waals surface area contributed by atoms with E-state index in [0.717, 1.165) is 107 Å². The second-order valence-electron chi connectivity index (χ2n) is 21.0. The molecule has 4 amide bonds. The molecule has 2 aliphatic carbocycles. The summed E-state index contributed by atoms with van der Waals surface area (Å²) in [5.74, 6) is 1.61. The van der Waals surface area contributed by atoms with Crippen LogP contribution in [0.4, 0.5) is 23.5 Å². The third-order valence-electron chi connectivity index (χ3n) is 15.6. The number of pyridine rings is 2. The van der Waals surface area contributed by atoms with Crippen molar-refractivity contribution in [1.82, 2.24) is 68.9 Å². The van der Waals surface area contributed by atoms with Crippen molar-refractivity contribution in [2.75, 3.05) is 72.0 Å². The molecule has 4 saturated heterocycles. The fourth-order valence-electron chi connectivity index (χ4n) is 11.8. The molecule has 382 valence electrons. The van der Waals surface area contributed by atoms with Gasteiger partial charge in [0.25, 0.3) is 23.6 Å². The molecular weight excluding hydrogens is 925 g/mol.